The van der Waals surface area contributed by atoms with E-state index in [0.717, 1.165) is 23.6 Å². The summed E-state index contributed by atoms with van der Waals surface area (Å²) in [4.78, 5) is 8.19. The molecular formula is C14H15N3O. The minimum atomic E-state index is 0.677. The van der Waals surface area contributed by atoms with E-state index < -0.39 is 0 Å². The summed E-state index contributed by atoms with van der Waals surface area (Å²) >= 11 is 0. The summed E-state index contributed by atoms with van der Waals surface area (Å²) in [6.07, 6.45) is 9.58. The Hall–Kier alpha value is -1.94. The Morgan fingerprint density at radius 3 is 2.83 bits per heavy atom. The standard InChI is InChI=1S/C14H15N3O/c1-2-13(10-15-6-1)18-14-5-7-16-8-11(14)9-17-12-3-4-12/h1-2,5-8,10,12,17H,3-4,9H2. The van der Waals surface area contributed by atoms with E-state index in [-0.39, 0.29) is 0 Å². The number of nitrogens with one attached hydrogen (secondary N) is 1. The van der Waals surface area contributed by atoms with Gasteiger partial charge in [0.2, 0.25) is 0 Å². The molecule has 18 heavy (non-hydrogen) atoms. The Kier molecular flexibility index (Phi) is 3.19. The van der Waals surface area contributed by atoms with Crippen LogP contribution in [-0.2, 0) is 6.54 Å². The van der Waals surface area contributed by atoms with Crippen LogP contribution in [0.1, 0.15) is 18.4 Å². The zero-order valence-electron chi connectivity index (χ0n) is 10.0. The molecule has 0 amide bonds. The van der Waals surface area contributed by atoms with Gasteiger partial charge in [0.05, 0.1) is 6.20 Å². The zero-order chi connectivity index (χ0) is 12.2. The molecule has 0 aromatic carbocycles. The Labute approximate surface area is 106 Å². The first-order valence-corrected chi connectivity index (χ1v) is 6.16. The van der Waals surface area contributed by atoms with Gasteiger partial charge in [-0.3, -0.25) is 9.97 Å². The second-order valence-electron chi connectivity index (χ2n) is 4.43. The van der Waals surface area contributed by atoms with Gasteiger partial charge in [-0.05, 0) is 31.0 Å². The van der Waals surface area contributed by atoms with Gasteiger partial charge in [-0.25, -0.2) is 0 Å². The number of pyridine rings is 2. The van der Waals surface area contributed by atoms with E-state index in [1.807, 2.05) is 24.4 Å². The molecule has 0 spiro atoms. The lowest BCUT2D eigenvalue weighted by molar-refractivity contribution is 0.469. The molecule has 2 aromatic heterocycles. The van der Waals surface area contributed by atoms with Gasteiger partial charge in [-0.2, -0.15) is 0 Å². The van der Waals surface area contributed by atoms with Crippen LogP contribution in [0, 0.1) is 0 Å². The van der Waals surface area contributed by atoms with Crippen molar-refractivity contribution in [2.75, 3.05) is 0 Å². The third-order valence-electron chi connectivity index (χ3n) is 2.88. The highest BCUT2D eigenvalue weighted by atomic mass is 16.5. The molecule has 2 heterocycles. The van der Waals surface area contributed by atoms with Crippen molar-refractivity contribution in [3.8, 4) is 11.5 Å². The number of aromatic nitrogens is 2. The van der Waals surface area contributed by atoms with E-state index in [4.69, 9.17) is 4.74 Å². The maximum Gasteiger partial charge on any atom is 0.145 e. The van der Waals surface area contributed by atoms with Gasteiger partial charge in [0.25, 0.3) is 0 Å². The van der Waals surface area contributed by atoms with Crippen LogP contribution < -0.4 is 10.1 Å². The Bertz CT molecular complexity index is 511. The zero-order valence-corrected chi connectivity index (χ0v) is 10.0. The normalized spacial score (nSPS) is 14.4. The van der Waals surface area contributed by atoms with Gasteiger partial charge in [-0.15, -0.1) is 0 Å². The van der Waals surface area contributed by atoms with Crippen LogP contribution in [0.2, 0.25) is 0 Å². The molecule has 1 fully saturated rings. The van der Waals surface area contributed by atoms with E-state index in [1.54, 1.807) is 18.6 Å². The van der Waals surface area contributed by atoms with Crippen LogP contribution in [0.4, 0.5) is 0 Å². The SMILES string of the molecule is c1cncc(Oc2ccncc2CNC2CC2)c1. The summed E-state index contributed by atoms with van der Waals surface area (Å²) in [6.45, 7) is 0.800. The van der Waals surface area contributed by atoms with Gasteiger partial charge in [0.15, 0.2) is 0 Å². The van der Waals surface area contributed by atoms with Crippen molar-refractivity contribution >= 4 is 0 Å². The van der Waals surface area contributed by atoms with Crippen molar-refractivity contribution in [2.24, 2.45) is 0 Å². The van der Waals surface area contributed by atoms with Crippen LogP contribution in [0.25, 0.3) is 0 Å². The number of ether oxygens (including phenoxy) is 1. The van der Waals surface area contributed by atoms with E-state index in [2.05, 4.69) is 15.3 Å². The molecule has 0 atom stereocenters. The lowest BCUT2D eigenvalue weighted by atomic mass is 10.2. The minimum Gasteiger partial charge on any atom is -0.455 e. The molecule has 2 aromatic rings. The molecular weight excluding hydrogens is 226 g/mol. The third-order valence-corrected chi connectivity index (χ3v) is 2.88. The molecule has 0 saturated heterocycles. The van der Waals surface area contributed by atoms with Crippen LogP contribution in [0.5, 0.6) is 11.5 Å². The first-order valence-electron chi connectivity index (χ1n) is 6.16. The second-order valence-corrected chi connectivity index (χ2v) is 4.43. The highest BCUT2D eigenvalue weighted by Crippen LogP contribution is 2.25. The van der Waals surface area contributed by atoms with E-state index in [0.29, 0.717) is 6.04 Å². The van der Waals surface area contributed by atoms with E-state index in [9.17, 15) is 0 Å². The Balaban J connectivity index is 1.73. The molecule has 1 aliphatic rings. The van der Waals surface area contributed by atoms with E-state index in [1.165, 1.54) is 12.8 Å². The van der Waals surface area contributed by atoms with Crippen molar-refractivity contribution in [1.82, 2.24) is 15.3 Å². The third kappa shape index (κ3) is 2.84. The van der Waals surface area contributed by atoms with Crippen LogP contribution in [0.3, 0.4) is 0 Å². The van der Waals surface area contributed by atoms with Gasteiger partial charge >= 0.3 is 0 Å². The number of hydrogen-bond acceptors (Lipinski definition) is 4. The summed E-state index contributed by atoms with van der Waals surface area (Å²) in [5, 5.41) is 3.46. The fourth-order valence-corrected chi connectivity index (χ4v) is 1.72. The molecule has 1 aliphatic carbocycles. The van der Waals surface area contributed by atoms with Crippen molar-refractivity contribution in [1.29, 1.82) is 0 Å². The lowest BCUT2D eigenvalue weighted by Crippen LogP contribution is -2.15. The topological polar surface area (TPSA) is 47.0 Å². The first-order chi connectivity index (χ1) is 8.92. The Morgan fingerprint density at radius 2 is 2.06 bits per heavy atom. The summed E-state index contributed by atoms with van der Waals surface area (Å²) in [5.74, 6) is 1.59. The molecule has 0 aliphatic heterocycles. The largest absolute Gasteiger partial charge is 0.455 e. The number of hydrogen-bond donors (Lipinski definition) is 1. The lowest BCUT2D eigenvalue weighted by Gasteiger charge is -2.10. The number of rotatable bonds is 5. The quantitative estimate of drug-likeness (QED) is 0.873. The monoisotopic (exact) mass is 241 g/mol. The molecule has 0 bridgehead atoms. The highest BCUT2D eigenvalue weighted by molar-refractivity contribution is 5.34. The molecule has 4 heteroatoms. The van der Waals surface area contributed by atoms with Gasteiger partial charge in [0.1, 0.15) is 11.5 Å². The van der Waals surface area contributed by atoms with Gasteiger partial charge in [-0.1, -0.05) is 0 Å². The number of nitrogens with zero attached hydrogens (tertiary/aromatic N) is 2. The first kappa shape index (κ1) is 11.2. The van der Waals surface area contributed by atoms with Crippen molar-refractivity contribution in [3.63, 3.8) is 0 Å². The van der Waals surface area contributed by atoms with Gasteiger partial charge in [0, 0.05) is 36.7 Å². The van der Waals surface area contributed by atoms with Crippen molar-refractivity contribution in [2.45, 2.75) is 25.4 Å². The van der Waals surface area contributed by atoms with Gasteiger partial charge < -0.3 is 10.1 Å². The molecule has 0 unspecified atom stereocenters. The summed E-state index contributed by atoms with van der Waals surface area (Å²) in [7, 11) is 0. The predicted molar refractivity (Wildman–Crippen MR) is 68.4 cm³/mol. The fourth-order valence-electron chi connectivity index (χ4n) is 1.72. The van der Waals surface area contributed by atoms with Crippen molar-refractivity contribution in [3.05, 3.63) is 48.5 Å². The van der Waals surface area contributed by atoms with E-state index >= 15 is 0 Å². The Morgan fingerprint density at radius 1 is 1.17 bits per heavy atom. The molecule has 3 rings (SSSR count). The average molecular weight is 241 g/mol. The molecule has 0 radical (unpaired) electrons. The van der Waals surface area contributed by atoms with Crippen molar-refractivity contribution < 1.29 is 4.74 Å². The van der Waals surface area contributed by atoms with Crippen LogP contribution in [0.15, 0.2) is 43.0 Å². The minimum absolute atomic E-state index is 0.677. The molecule has 92 valence electrons. The summed E-state index contributed by atoms with van der Waals surface area (Å²) < 4.78 is 5.82. The van der Waals surface area contributed by atoms with Crippen LogP contribution >= 0.6 is 0 Å². The maximum atomic E-state index is 5.82. The molecule has 4 nitrogen and oxygen atoms in total. The molecule has 1 saturated carbocycles. The predicted octanol–water partition coefficient (Wildman–Crippen LogP) is 2.52. The smallest absolute Gasteiger partial charge is 0.145 e. The maximum absolute atomic E-state index is 5.82. The average Bonchev–Trinajstić information content (AvgIpc) is 3.23. The summed E-state index contributed by atoms with van der Waals surface area (Å²) in [6, 6.07) is 6.32. The summed E-state index contributed by atoms with van der Waals surface area (Å²) in [5.41, 5.74) is 1.08. The second kappa shape index (κ2) is 5.14. The fraction of sp³-hybridized carbons (Fsp3) is 0.286. The van der Waals surface area contributed by atoms with Crippen LogP contribution in [-0.4, -0.2) is 16.0 Å². The highest BCUT2D eigenvalue weighted by Gasteiger charge is 2.20. The molecule has 1 N–H and O–H groups in total.